The van der Waals surface area contributed by atoms with E-state index in [1.165, 1.54) is 0 Å². The first-order chi connectivity index (χ1) is 9.70. The van der Waals surface area contributed by atoms with Crippen molar-refractivity contribution in [3.05, 3.63) is 24.3 Å². The third-order valence-electron chi connectivity index (χ3n) is 3.19. The van der Waals surface area contributed by atoms with Crippen LogP contribution in [0.25, 0.3) is 0 Å². The zero-order valence-corrected chi connectivity index (χ0v) is 11.6. The van der Waals surface area contributed by atoms with E-state index in [1.807, 2.05) is 25.1 Å². The molecule has 0 spiro atoms. The number of hydrogen-bond acceptors (Lipinski definition) is 3. The minimum Gasteiger partial charge on any atom is -0.478 e. The summed E-state index contributed by atoms with van der Waals surface area (Å²) in [5.74, 6) is 0.546. The van der Waals surface area contributed by atoms with Gasteiger partial charge in [-0.25, -0.2) is 0 Å². The fourth-order valence-corrected chi connectivity index (χ4v) is 2.05. The van der Waals surface area contributed by atoms with Crippen molar-refractivity contribution in [3.63, 3.8) is 0 Å². The Hall–Kier alpha value is -2.04. The van der Waals surface area contributed by atoms with Gasteiger partial charge in [-0.3, -0.25) is 9.59 Å². The van der Waals surface area contributed by atoms with Gasteiger partial charge in [-0.15, -0.1) is 0 Å². The number of ether oxygens (including phenoxy) is 1. The van der Waals surface area contributed by atoms with Crippen LogP contribution in [0.2, 0.25) is 0 Å². The largest absolute Gasteiger partial charge is 0.478 e. The molecule has 2 rings (SSSR count). The van der Waals surface area contributed by atoms with Crippen molar-refractivity contribution in [2.24, 2.45) is 0 Å². The molecule has 0 bridgehead atoms. The highest BCUT2D eigenvalue weighted by atomic mass is 16.5. The molecule has 1 aliphatic heterocycles. The van der Waals surface area contributed by atoms with Gasteiger partial charge in [0.1, 0.15) is 5.75 Å². The van der Waals surface area contributed by atoms with Gasteiger partial charge in [0.05, 0.1) is 5.69 Å². The number of benzene rings is 1. The molecule has 1 aromatic rings. The van der Waals surface area contributed by atoms with Crippen LogP contribution in [0.1, 0.15) is 32.6 Å². The van der Waals surface area contributed by atoms with E-state index < -0.39 is 6.10 Å². The van der Waals surface area contributed by atoms with E-state index in [-0.39, 0.29) is 11.8 Å². The van der Waals surface area contributed by atoms with Crippen LogP contribution in [0.3, 0.4) is 0 Å². The zero-order valence-electron chi connectivity index (χ0n) is 11.6. The fourth-order valence-electron chi connectivity index (χ4n) is 2.05. The molecule has 2 amide bonds. The predicted octanol–water partition coefficient (Wildman–Crippen LogP) is 2.08. The number of unbranched alkanes of at least 4 members (excludes halogenated alkanes) is 1. The molecule has 1 unspecified atom stereocenters. The number of carbonyl (C=O) groups is 2. The molecule has 1 aromatic carbocycles. The Morgan fingerprint density at radius 2 is 2.20 bits per heavy atom. The van der Waals surface area contributed by atoms with E-state index in [0.717, 1.165) is 12.8 Å². The highest BCUT2D eigenvalue weighted by molar-refractivity contribution is 5.97. The van der Waals surface area contributed by atoms with E-state index >= 15 is 0 Å². The van der Waals surface area contributed by atoms with Crippen molar-refractivity contribution >= 4 is 17.5 Å². The molecular weight excluding hydrogens is 256 g/mol. The molecule has 20 heavy (non-hydrogen) atoms. The zero-order chi connectivity index (χ0) is 14.4. The average molecular weight is 276 g/mol. The second-order valence-corrected chi connectivity index (χ2v) is 4.83. The maximum absolute atomic E-state index is 11.9. The number of nitrogens with one attached hydrogen (secondary N) is 2. The molecule has 1 heterocycles. The van der Waals surface area contributed by atoms with Gasteiger partial charge in [0.15, 0.2) is 6.10 Å². The van der Waals surface area contributed by atoms with Crippen molar-refractivity contribution in [2.75, 3.05) is 11.9 Å². The maximum Gasteiger partial charge on any atom is 0.265 e. The van der Waals surface area contributed by atoms with E-state index in [9.17, 15) is 9.59 Å². The summed E-state index contributed by atoms with van der Waals surface area (Å²) < 4.78 is 5.64. The monoisotopic (exact) mass is 276 g/mol. The fraction of sp³-hybridized carbons (Fsp3) is 0.467. The summed E-state index contributed by atoms with van der Waals surface area (Å²) in [4.78, 5) is 23.3. The minimum atomic E-state index is -0.545. The second-order valence-electron chi connectivity index (χ2n) is 4.83. The number of fused-ring (bicyclic) bond motifs is 1. The molecular formula is C15H20N2O3. The lowest BCUT2D eigenvalue weighted by Gasteiger charge is -2.25. The minimum absolute atomic E-state index is 0.0310. The van der Waals surface area contributed by atoms with Gasteiger partial charge in [-0.05, 0) is 18.6 Å². The molecule has 5 heteroatoms. The van der Waals surface area contributed by atoms with Crippen LogP contribution in [0, 0.1) is 0 Å². The number of amides is 2. The van der Waals surface area contributed by atoms with Crippen molar-refractivity contribution < 1.29 is 14.3 Å². The number of carbonyl (C=O) groups excluding carboxylic acids is 2. The SMILES string of the molecule is CCCCC(=O)NCCC1Oc2ccccc2NC1=O. The Morgan fingerprint density at radius 1 is 1.40 bits per heavy atom. The Kier molecular flexibility index (Phi) is 4.98. The Morgan fingerprint density at radius 3 is 3.00 bits per heavy atom. The highest BCUT2D eigenvalue weighted by Gasteiger charge is 2.26. The Balaban J connectivity index is 1.80. The summed E-state index contributed by atoms with van der Waals surface area (Å²) in [7, 11) is 0. The quantitative estimate of drug-likeness (QED) is 0.836. The lowest BCUT2D eigenvalue weighted by molar-refractivity contribution is -0.125. The first-order valence-electron chi connectivity index (χ1n) is 7.04. The summed E-state index contributed by atoms with van der Waals surface area (Å²) in [5.41, 5.74) is 0.695. The van der Waals surface area contributed by atoms with E-state index in [1.54, 1.807) is 6.07 Å². The standard InChI is InChI=1S/C15H20N2O3/c1-2-3-8-14(18)16-10-9-13-15(19)17-11-6-4-5-7-12(11)20-13/h4-7,13H,2-3,8-10H2,1H3,(H,16,18)(H,17,19). The molecule has 0 saturated heterocycles. The number of hydrogen-bond donors (Lipinski definition) is 2. The lowest BCUT2D eigenvalue weighted by atomic mass is 10.1. The van der Waals surface area contributed by atoms with E-state index in [0.29, 0.717) is 30.8 Å². The number of para-hydroxylation sites is 2. The van der Waals surface area contributed by atoms with Gasteiger partial charge in [-0.2, -0.15) is 0 Å². The predicted molar refractivity (Wildman–Crippen MR) is 76.6 cm³/mol. The molecule has 1 aliphatic rings. The van der Waals surface area contributed by atoms with Crippen molar-refractivity contribution in [2.45, 2.75) is 38.7 Å². The van der Waals surface area contributed by atoms with E-state index in [2.05, 4.69) is 10.6 Å². The summed E-state index contributed by atoms with van der Waals surface area (Å²) in [6.07, 6.45) is 2.35. The summed E-state index contributed by atoms with van der Waals surface area (Å²) in [6.45, 7) is 2.49. The van der Waals surface area contributed by atoms with E-state index in [4.69, 9.17) is 4.74 Å². The third kappa shape index (κ3) is 3.73. The molecule has 108 valence electrons. The first-order valence-corrected chi connectivity index (χ1v) is 7.04. The molecule has 0 radical (unpaired) electrons. The first kappa shape index (κ1) is 14.4. The second kappa shape index (κ2) is 6.93. The van der Waals surface area contributed by atoms with Gasteiger partial charge in [0.2, 0.25) is 5.91 Å². The van der Waals surface area contributed by atoms with Crippen LogP contribution in [0.5, 0.6) is 5.75 Å². The van der Waals surface area contributed by atoms with Crippen LogP contribution in [0.4, 0.5) is 5.69 Å². The van der Waals surface area contributed by atoms with Crippen LogP contribution < -0.4 is 15.4 Å². The molecule has 0 saturated carbocycles. The van der Waals surface area contributed by atoms with Crippen molar-refractivity contribution in [1.29, 1.82) is 0 Å². The molecule has 0 aromatic heterocycles. The lowest BCUT2D eigenvalue weighted by Crippen LogP contribution is -2.39. The molecule has 0 aliphatic carbocycles. The van der Waals surface area contributed by atoms with Crippen LogP contribution >= 0.6 is 0 Å². The van der Waals surface area contributed by atoms with Gasteiger partial charge in [0, 0.05) is 19.4 Å². The molecule has 1 atom stereocenters. The Labute approximate surface area is 118 Å². The maximum atomic E-state index is 11.9. The highest BCUT2D eigenvalue weighted by Crippen LogP contribution is 2.29. The summed E-state index contributed by atoms with van der Waals surface area (Å²) in [5, 5.41) is 5.62. The molecule has 0 fully saturated rings. The Bertz CT molecular complexity index is 488. The van der Waals surface area contributed by atoms with Crippen LogP contribution in [0.15, 0.2) is 24.3 Å². The van der Waals surface area contributed by atoms with Crippen molar-refractivity contribution in [1.82, 2.24) is 5.32 Å². The van der Waals surface area contributed by atoms with Gasteiger partial charge < -0.3 is 15.4 Å². The van der Waals surface area contributed by atoms with Crippen LogP contribution in [-0.2, 0) is 9.59 Å². The van der Waals surface area contributed by atoms with Crippen LogP contribution in [-0.4, -0.2) is 24.5 Å². The summed E-state index contributed by atoms with van der Waals surface area (Å²) >= 11 is 0. The van der Waals surface area contributed by atoms with Gasteiger partial charge in [0.25, 0.3) is 5.91 Å². The van der Waals surface area contributed by atoms with Gasteiger partial charge >= 0.3 is 0 Å². The summed E-state index contributed by atoms with van der Waals surface area (Å²) in [6, 6.07) is 7.33. The third-order valence-corrected chi connectivity index (χ3v) is 3.19. The smallest absolute Gasteiger partial charge is 0.265 e. The van der Waals surface area contributed by atoms with Crippen molar-refractivity contribution in [3.8, 4) is 5.75 Å². The number of rotatable bonds is 6. The molecule has 5 nitrogen and oxygen atoms in total. The van der Waals surface area contributed by atoms with Gasteiger partial charge in [-0.1, -0.05) is 25.5 Å². The molecule has 2 N–H and O–H groups in total. The average Bonchev–Trinajstić information content (AvgIpc) is 2.45. The normalized spacial score (nSPS) is 16.9. The number of anilines is 1. The topological polar surface area (TPSA) is 67.4 Å².